The first-order valence-corrected chi connectivity index (χ1v) is 8.65. The lowest BCUT2D eigenvalue weighted by Crippen LogP contribution is -2.31. The van der Waals surface area contributed by atoms with Gasteiger partial charge in [0.25, 0.3) is 5.56 Å². The predicted octanol–water partition coefficient (Wildman–Crippen LogP) is 2.64. The van der Waals surface area contributed by atoms with E-state index in [1.54, 1.807) is 24.5 Å². The maximum absolute atomic E-state index is 11.9. The summed E-state index contributed by atoms with van der Waals surface area (Å²) >= 11 is 0. The lowest BCUT2D eigenvalue weighted by Gasteiger charge is -2.08. The van der Waals surface area contributed by atoms with Gasteiger partial charge in [-0.3, -0.25) is 9.59 Å². The van der Waals surface area contributed by atoms with Crippen molar-refractivity contribution in [3.8, 4) is 11.5 Å². The number of hydrogen-bond acceptors (Lipinski definition) is 4. The number of benzene rings is 1. The molecule has 2 heterocycles. The molecule has 6 heteroatoms. The normalized spacial score (nSPS) is 10.6. The smallest absolute Gasteiger partial charge is 0.266 e. The third-order valence-corrected chi connectivity index (χ3v) is 4.00. The van der Waals surface area contributed by atoms with E-state index in [0.717, 1.165) is 12.8 Å². The number of rotatable bonds is 8. The second-order valence-corrected chi connectivity index (χ2v) is 5.95. The third-order valence-electron chi connectivity index (χ3n) is 4.00. The number of furan rings is 1. The Hall–Kier alpha value is -3.15. The van der Waals surface area contributed by atoms with Crippen LogP contribution in [0.4, 0.5) is 0 Å². The van der Waals surface area contributed by atoms with Gasteiger partial charge in [0.2, 0.25) is 5.91 Å². The van der Waals surface area contributed by atoms with Gasteiger partial charge in [0.05, 0.1) is 12.8 Å². The molecule has 1 N–H and O–H groups in total. The van der Waals surface area contributed by atoms with Crippen LogP contribution < -0.4 is 10.9 Å². The highest BCUT2D eigenvalue weighted by atomic mass is 16.3. The number of aryl methyl sites for hydroxylation is 1. The predicted molar refractivity (Wildman–Crippen MR) is 98.6 cm³/mol. The fraction of sp³-hybridized carbons (Fsp3) is 0.250. The summed E-state index contributed by atoms with van der Waals surface area (Å²) in [5.41, 5.74) is 1.60. The molecule has 0 saturated carbocycles. The second-order valence-electron chi connectivity index (χ2n) is 5.95. The summed E-state index contributed by atoms with van der Waals surface area (Å²) in [6, 6.07) is 16.7. The van der Waals surface area contributed by atoms with Gasteiger partial charge in [-0.2, -0.15) is 5.10 Å². The van der Waals surface area contributed by atoms with Crippen molar-refractivity contribution in [3.63, 3.8) is 0 Å². The Labute approximate surface area is 151 Å². The molecule has 0 atom stereocenters. The number of carbonyl (C=O) groups is 1. The summed E-state index contributed by atoms with van der Waals surface area (Å²) in [7, 11) is 0. The lowest BCUT2D eigenvalue weighted by molar-refractivity contribution is -0.121. The van der Waals surface area contributed by atoms with E-state index in [4.69, 9.17) is 4.42 Å². The minimum Gasteiger partial charge on any atom is -0.463 e. The van der Waals surface area contributed by atoms with E-state index in [2.05, 4.69) is 22.5 Å². The molecule has 3 aromatic rings. The summed E-state index contributed by atoms with van der Waals surface area (Å²) in [6.07, 6.45) is 3.69. The third kappa shape index (κ3) is 4.92. The number of carbonyl (C=O) groups excluding carboxylic acids is 1. The molecule has 134 valence electrons. The molecule has 0 fully saturated rings. The van der Waals surface area contributed by atoms with Gasteiger partial charge in [-0.1, -0.05) is 30.3 Å². The first-order valence-electron chi connectivity index (χ1n) is 8.65. The summed E-state index contributed by atoms with van der Waals surface area (Å²) in [4.78, 5) is 23.8. The average molecular weight is 351 g/mol. The van der Waals surface area contributed by atoms with Crippen LogP contribution >= 0.6 is 0 Å². The standard InChI is InChI=1S/C20H21N3O3/c24-19(10-4-8-16-6-2-1-3-7-16)21-13-14-23-20(25)12-11-17(22-23)18-9-5-15-26-18/h1-3,5-7,9,11-12,15H,4,8,10,13-14H2,(H,21,24). The van der Waals surface area contributed by atoms with Crippen molar-refractivity contribution in [2.45, 2.75) is 25.8 Å². The summed E-state index contributed by atoms with van der Waals surface area (Å²) in [5.74, 6) is 0.583. The minimum absolute atomic E-state index is 0.0174. The van der Waals surface area contributed by atoms with E-state index in [0.29, 0.717) is 31.0 Å². The Morgan fingerprint density at radius 3 is 2.69 bits per heavy atom. The molecule has 26 heavy (non-hydrogen) atoms. The van der Waals surface area contributed by atoms with Crippen LogP contribution in [0.5, 0.6) is 0 Å². The number of nitrogens with one attached hydrogen (secondary N) is 1. The molecule has 0 aliphatic rings. The van der Waals surface area contributed by atoms with Crippen molar-refractivity contribution in [3.05, 3.63) is 76.8 Å². The zero-order valence-corrected chi connectivity index (χ0v) is 14.4. The van der Waals surface area contributed by atoms with Gasteiger partial charge in [-0.25, -0.2) is 4.68 Å². The lowest BCUT2D eigenvalue weighted by atomic mass is 10.1. The Balaban J connectivity index is 1.45. The van der Waals surface area contributed by atoms with Gasteiger partial charge in [0.15, 0.2) is 5.76 Å². The van der Waals surface area contributed by atoms with Crippen molar-refractivity contribution in [1.29, 1.82) is 0 Å². The Morgan fingerprint density at radius 2 is 1.92 bits per heavy atom. The van der Waals surface area contributed by atoms with Crippen molar-refractivity contribution in [1.82, 2.24) is 15.1 Å². The Morgan fingerprint density at radius 1 is 1.08 bits per heavy atom. The van der Waals surface area contributed by atoms with E-state index in [-0.39, 0.29) is 11.5 Å². The van der Waals surface area contributed by atoms with Crippen LogP contribution in [0.1, 0.15) is 18.4 Å². The summed E-state index contributed by atoms with van der Waals surface area (Å²) in [6.45, 7) is 0.677. The van der Waals surface area contributed by atoms with E-state index in [1.807, 2.05) is 18.2 Å². The molecule has 0 spiro atoms. The zero-order chi connectivity index (χ0) is 18.2. The topological polar surface area (TPSA) is 77.1 Å². The maximum atomic E-state index is 11.9. The first-order chi connectivity index (χ1) is 12.7. The maximum Gasteiger partial charge on any atom is 0.266 e. The molecule has 2 aromatic heterocycles. The van der Waals surface area contributed by atoms with Crippen molar-refractivity contribution in [2.75, 3.05) is 6.54 Å². The molecule has 0 bridgehead atoms. The van der Waals surface area contributed by atoms with Crippen LogP contribution in [0.3, 0.4) is 0 Å². The molecule has 0 aliphatic heterocycles. The van der Waals surface area contributed by atoms with Crippen LogP contribution in [-0.4, -0.2) is 22.2 Å². The second kappa shape index (κ2) is 8.80. The zero-order valence-electron chi connectivity index (χ0n) is 14.4. The van der Waals surface area contributed by atoms with Gasteiger partial charge < -0.3 is 9.73 Å². The Kier molecular flexibility index (Phi) is 5.98. The minimum atomic E-state index is -0.210. The van der Waals surface area contributed by atoms with Crippen LogP contribution in [-0.2, 0) is 17.8 Å². The molecule has 0 saturated heterocycles. The van der Waals surface area contributed by atoms with Crippen LogP contribution in [0.2, 0.25) is 0 Å². The fourth-order valence-corrected chi connectivity index (χ4v) is 2.65. The molecule has 0 radical (unpaired) electrons. The van der Waals surface area contributed by atoms with Crippen LogP contribution in [0.25, 0.3) is 11.5 Å². The number of aromatic nitrogens is 2. The van der Waals surface area contributed by atoms with Gasteiger partial charge in [0, 0.05) is 19.0 Å². The molecular formula is C20H21N3O3. The van der Waals surface area contributed by atoms with E-state index < -0.39 is 0 Å². The van der Waals surface area contributed by atoms with E-state index >= 15 is 0 Å². The van der Waals surface area contributed by atoms with Crippen molar-refractivity contribution in [2.24, 2.45) is 0 Å². The van der Waals surface area contributed by atoms with E-state index in [9.17, 15) is 9.59 Å². The molecule has 0 unspecified atom stereocenters. The van der Waals surface area contributed by atoms with Gasteiger partial charge in [-0.15, -0.1) is 0 Å². The van der Waals surface area contributed by atoms with Crippen LogP contribution in [0.15, 0.2) is 70.1 Å². The summed E-state index contributed by atoms with van der Waals surface area (Å²) < 4.78 is 6.63. The number of hydrogen-bond donors (Lipinski definition) is 1. The number of amides is 1. The molecule has 0 aliphatic carbocycles. The molecule has 1 amide bonds. The monoisotopic (exact) mass is 351 g/mol. The van der Waals surface area contributed by atoms with E-state index in [1.165, 1.54) is 16.3 Å². The Bertz CT molecular complexity index is 886. The average Bonchev–Trinajstić information content (AvgIpc) is 3.19. The summed E-state index contributed by atoms with van der Waals surface area (Å²) in [5, 5.41) is 7.11. The SMILES string of the molecule is O=C(CCCc1ccccc1)NCCn1nc(-c2ccco2)ccc1=O. The molecule has 3 rings (SSSR count). The molecule has 1 aromatic carbocycles. The van der Waals surface area contributed by atoms with Gasteiger partial charge in [0.1, 0.15) is 5.69 Å². The number of nitrogens with zero attached hydrogens (tertiary/aromatic N) is 2. The molecular weight excluding hydrogens is 330 g/mol. The molecule has 6 nitrogen and oxygen atoms in total. The highest BCUT2D eigenvalue weighted by molar-refractivity contribution is 5.75. The quantitative estimate of drug-likeness (QED) is 0.677. The van der Waals surface area contributed by atoms with Gasteiger partial charge >= 0.3 is 0 Å². The largest absolute Gasteiger partial charge is 0.463 e. The van der Waals surface area contributed by atoms with Crippen molar-refractivity contribution < 1.29 is 9.21 Å². The van der Waals surface area contributed by atoms with Crippen LogP contribution in [0, 0.1) is 0 Å². The van der Waals surface area contributed by atoms with Crippen molar-refractivity contribution >= 4 is 5.91 Å². The fourth-order valence-electron chi connectivity index (χ4n) is 2.65. The highest BCUT2D eigenvalue weighted by Crippen LogP contribution is 2.14. The van der Waals surface area contributed by atoms with Gasteiger partial charge in [-0.05, 0) is 36.6 Å². The first kappa shape index (κ1) is 17.7. The highest BCUT2D eigenvalue weighted by Gasteiger charge is 2.06.